The monoisotopic (exact) mass is 593 g/mol. The lowest BCUT2D eigenvalue weighted by Crippen LogP contribution is -2.55. The number of alkyl halides is 2. The number of amides is 2. The van der Waals surface area contributed by atoms with Crippen LogP contribution in [0.25, 0.3) is 0 Å². The number of piperidine rings is 1. The first-order valence-electron chi connectivity index (χ1n) is 15.2. The van der Waals surface area contributed by atoms with Crippen LogP contribution in [0.5, 0.6) is 0 Å². The molecule has 10 nitrogen and oxygen atoms in total. The molecule has 3 heterocycles. The van der Waals surface area contributed by atoms with Crippen LogP contribution in [0.4, 0.5) is 19.4 Å². The summed E-state index contributed by atoms with van der Waals surface area (Å²) in [6.45, 7) is 6.03. The molecule has 2 unspecified atom stereocenters. The van der Waals surface area contributed by atoms with Gasteiger partial charge in [0, 0.05) is 37.8 Å². The van der Waals surface area contributed by atoms with E-state index in [1.165, 1.54) is 5.56 Å². The molecule has 1 aromatic heterocycles. The molecule has 3 N–H and O–H groups in total. The summed E-state index contributed by atoms with van der Waals surface area (Å²) in [4.78, 5) is 45.3. The summed E-state index contributed by atoms with van der Waals surface area (Å²) in [7, 11) is 0. The molecule has 42 heavy (non-hydrogen) atoms. The standard InChI is InChI=1S/C30H45F2N5O5/c1-29(2,3)42-28(41)37-18-21(17-30(31,32)19-37)26(38)35-24(27(39)40)13-16-36(23-11-12-23)15-5-4-8-22-10-9-20-7-6-14-33-25(20)34-22/h9-10,21,23-24H,4-8,11-19H2,1-3H3,(H,33,34)(H,35,38)(H,39,40). The van der Waals surface area contributed by atoms with E-state index in [9.17, 15) is 28.3 Å². The van der Waals surface area contributed by atoms with E-state index in [2.05, 4.69) is 27.7 Å². The molecule has 3 aliphatic rings. The molecule has 234 valence electrons. The molecule has 2 atom stereocenters. The highest BCUT2D eigenvalue weighted by atomic mass is 19.3. The molecule has 1 saturated heterocycles. The van der Waals surface area contributed by atoms with E-state index in [1.54, 1.807) is 20.8 Å². The predicted octanol–water partition coefficient (Wildman–Crippen LogP) is 4.08. The number of likely N-dealkylation sites (tertiary alicyclic amines) is 1. The molecule has 1 saturated carbocycles. The van der Waals surface area contributed by atoms with Crippen molar-refractivity contribution >= 4 is 23.8 Å². The first-order chi connectivity index (χ1) is 19.8. The maximum atomic E-state index is 14.5. The quantitative estimate of drug-likeness (QED) is 0.310. The third-order valence-electron chi connectivity index (χ3n) is 7.89. The first-order valence-corrected chi connectivity index (χ1v) is 15.2. The average molecular weight is 594 g/mol. The van der Waals surface area contributed by atoms with Crippen molar-refractivity contribution in [2.24, 2.45) is 5.92 Å². The van der Waals surface area contributed by atoms with Gasteiger partial charge in [-0.15, -0.1) is 0 Å². The number of nitrogens with one attached hydrogen (secondary N) is 2. The molecule has 1 aliphatic carbocycles. The van der Waals surface area contributed by atoms with Crippen LogP contribution >= 0.6 is 0 Å². The van der Waals surface area contributed by atoms with Gasteiger partial charge < -0.3 is 30.3 Å². The van der Waals surface area contributed by atoms with Gasteiger partial charge in [0.2, 0.25) is 5.91 Å². The molecule has 0 bridgehead atoms. The lowest BCUT2D eigenvalue weighted by atomic mass is 9.94. The van der Waals surface area contributed by atoms with E-state index in [0.29, 0.717) is 12.6 Å². The number of halogens is 2. The van der Waals surface area contributed by atoms with Crippen molar-refractivity contribution in [3.63, 3.8) is 0 Å². The highest BCUT2D eigenvalue weighted by molar-refractivity contribution is 5.85. The van der Waals surface area contributed by atoms with Crippen molar-refractivity contribution in [2.45, 2.75) is 102 Å². The van der Waals surface area contributed by atoms with E-state index in [-0.39, 0.29) is 13.0 Å². The molecule has 12 heteroatoms. The van der Waals surface area contributed by atoms with E-state index in [1.807, 2.05) is 0 Å². The fourth-order valence-electron chi connectivity index (χ4n) is 5.63. The summed E-state index contributed by atoms with van der Waals surface area (Å²) in [5.74, 6) is -5.54. The zero-order valence-corrected chi connectivity index (χ0v) is 25.0. The Morgan fingerprint density at radius 2 is 2.00 bits per heavy atom. The van der Waals surface area contributed by atoms with Gasteiger partial charge in [-0.05, 0) is 90.3 Å². The number of carbonyl (C=O) groups is 3. The number of aromatic nitrogens is 1. The largest absolute Gasteiger partial charge is 0.480 e. The molecular formula is C30H45F2N5O5. The van der Waals surface area contributed by atoms with E-state index in [4.69, 9.17) is 9.72 Å². The van der Waals surface area contributed by atoms with Crippen LogP contribution in [-0.4, -0.2) is 94.2 Å². The number of fused-ring (bicyclic) bond motifs is 1. The second kappa shape index (κ2) is 13.5. The van der Waals surface area contributed by atoms with Gasteiger partial charge in [-0.25, -0.2) is 23.4 Å². The summed E-state index contributed by atoms with van der Waals surface area (Å²) in [6, 6.07) is 3.45. The molecule has 0 aromatic carbocycles. The minimum Gasteiger partial charge on any atom is -0.480 e. The van der Waals surface area contributed by atoms with Gasteiger partial charge >= 0.3 is 12.1 Å². The Morgan fingerprint density at radius 3 is 2.69 bits per heavy atom. The van der Waals surface area contributed by atoms with Gasteiger partial charge in [0.05, 0.1) is 12.5 Å². The average Bonchev–Trinajstić information content (AvgIpc) is 3.75. The number of hydrogen-bond donors (Lipinski definition) is 3. The Morgan fingerprint density at radius 1 is 1.24 bits per heavy atom. The Labute approximate surface area is 246 Å². The van der Waals surface area contributed by atoms with Crippen LogP contribution in [0.1, 0.15) is 77.0 Å². The number of nitrogens with zero attached hydrogens (tertiary/aromatic N) is 3. The lowest BCUT2D eigenvalue weighted by Gasteiger charge is -2.37. The molecule has 1 aromatic rings. The number of rotatable bonds is 12. The molecule has 0 spiro atoms. The molecule has 0 radical (unpaired) electrons. The Kier molecular flexibility index (Phi) is 10.3. The Bertz CT molecular complexity index is 1120. The lowest BCUT2D eigenvalue weighted by molar-refractivity contribution is -0.145. The fraction of sp³-hybridized carbons (Fsp3) is 0.733. The van der Waals surface area contributed by atoms with E-state index in [0.717, 1.165) is 74.4 Å². The summed E-state index contributed by atoms with van der Waals surface area (Å²) in [6.07, 6.45) is 5.54. The number of anilines is 1. The van der Waals surface area contributed by atoms with Gasteiger partial charge in [-0.1, -0.05) is 6.07 Å². The highest BCUT2D eigenvalue weighted by Crippen LogP contribution is 2.32. The number of unbranched alkanes of at least 4 members (excludes halogenated alkanes) is 1. The third kappa shape index (κ3) is 9.50. The number of carboxylic acid groups (broad SMARTS) is 1. The number of hydrogen-bond acceptors (Lipinski definition) is 7. The first kappa shape index (κ1) is 31.9. The van der Waals surface area contributed by atoms with Crippen molar-refractivity contribution in [2.75, 3.05) is 38.0 Å². The van der Waals surface area contributed by atoms with Crippen LogP contribution in [0.15, 0.2) is 12.1 Å². The Balaban J connectivity index is 1.26. The van der Waals surface area contributed by atoms with Gasteiger partial charge in [-0.2, -0.15) is 0 Å². The second-order valence-corrected chi connectivity index (χ2v) is 12.9. The summed E-state index contributed by atoms with van der Waals surface area (Å²) in [5, 5.41) is 15.6. The number of ether oxygens (including phenoxy) is 1. The highest BCUT2D eigenvalue weighted by Gasteiger charge is 2.46. The van der Waals surface area contributed by atoms with E-state index < -0.39 is 54.4 Å². The van der Waals surface area contributed by atoms with Gasteiger partial charge in [0.15, 0.2) is 0 Å². The van der Waals surface area contributed by atoms with Crippen LogP contribution < -0.4 is 10.6 Å². The van der Waals surface area contributed by atoms with Crippen molar-refractivity contribution in [1.82, 2.24) is 20.1 Å². The molecule has 2 amide bonds. The van der Waals surface area contributed by atoms with Gasteiger partial charge in [-0.3, -0.25) is 4.79 Å². The van der Waals surface area contributed by atoms with Crippen molar-refractivity contribution < 1.29 is 33.0 Å². The summed E-state index contributed by atoms with van der Waals surface area (Å²) in [5.41, 5.74) is 1.45. The smallest absolute Gasteiger partial charge is 0.410 e. The van der Waals surface area contributed by atoms with Crippen LogP contribution in [0.3, 0.4) is 0 Å². The third-order valence-corrected chi connectivity index (χ3v) is 7.89. The minimum absolute atomic E-state index is 0.161. The van der Waals surface area contributed by atoms with E-state index >= 15 is 0 Å². The van der Waals surface area contributed by atoms with Crippen LogP contribution in [0, 0.1) is 5.92 Å². The Hall–Kier alpha value is -3.02. The number of aliphatic carboxylic acids is 1. The predicted molar refractivity (Wildman–Crippen MR) is 154 cm³/mol. The number of pyridine rings is 1. The number of carboxylic acids is 1. The zero-order valence-electron chi connectivity index (χ0n) is 25.0. The fourth-order valence-corrected chi connectivity index (χ4v) is 5.63. The maximum absolute atomic E-state index is 14.5. The summed E-state index contributed by atoms with van der Waals surface area (Å²) < 4.78 is 34.2. The van der Waals surface area contributed by atoms with Crippen molar-refractivity contribution in [3.05, 3.63) is 23.4 Å². The van der Waals surface area contributed by atoms with Gasteiger partial charge in [0.1, 0.15) is 17.5 Å². The normalized spacial score (nSPS) is 20.8. The van der Waals surface area contributed by atoms with Crippen molar-refractivity contribution in [1.29, 1.82) is 0 Å². The van der Waals surface area contributed by atoms with Crippen LogP contribution in [0.2, 0.25) is 0 Å². The molecule has 4 rings (SSSR count). The topological polar surface area (TPSA) is 124 Å². The zero-order chi connectivity index (χ0) is 30.5. The maximum Gasteiger partial charge on any atom is 0.410 e. The second-order valence-electron chi connectivity index (χ2n) is 12.9. The molecule has 2 aliphatic heterocycles. The summed E-state index contributed by atoms with van der Waals surface area (Å²) >= 11 is 0. The van der Waals surface area contributed by atoms with Gasteiger partial charge in [0.25, 0.3) is 5.92 Å². The molecular weight excluding hydrogens is 548 g/mol. The molecule has 2 fully saturated rings. The SMILES string of the molecule is CC(C)(C)OC(=O)N1CC(C(=O)NC(CCN(CCCCc2ccc3c(n2)NCCC3)C2CC2)C(=O)O)CC(F)(F)C1. The van der Waals surface area contributed by atoms with Crippen LogP contribution in [-0.2, 0) is 27.2 Å². The number of aryl methyl sites for hydroxylation is 2. The number of carbonyl (C=O) groups excluding carboxylic acids is 2. The van der Waals surface area contributed by atoms with Crippen molar-refractivity contribution in [3.8, 4) is 0 Å². The minimum atomic E-state index is -3.29.